The molecule has 102 valence electrons. The molecule has 20 heavy (non-hydrogen) atoms. The molecule has 0 bridgehead atoms. The number of aryl methyl sites for hydroxylation is 1. The van der Waals surface area contributed by atoms with Gasteiger partial charge in [0.25, 0.3) is 5.22 Å². The quantitative estimate of drug-likeness (QED) is 0.648. The number of hydrogen-bond donors (Lipinski definition) is 0. The van der Waals surface area contributed by atoms with Crippen molar-refractivity contribution in [3.63, 3.8) is 0 Å². The number of aromatic nitrogens is 2. The van der Waals surface area contributed by atoms with Gasteiger partial charge < -0.3 is 4.42 Å². The van der Waals surface area contributed by atoms with E-state index in [0.717, 1.165) is 24.5 Å². The molecule has 3 nitrogen and oxygen atoms in total. The van der Waals surface area contributed by atoms with Gasteiger partial charge in [-0.05, 0) is 22.8 Å². The zero-order valence-electron chi connectivity index (χ0n) is 11.4. The Morgan fingerprint density at radius 3 is 2.80 bits per heavy atom. The topological polar surface area (TPSA) is 38.9 Å². The van der Waals surface area contributed by atoms with E-state index in [1.54, 1.807) is 11.8 Å². The highest BCUT2D eigenvalue weighted by Gasteiger charge is 2.07. The van der Waals surface area contributed by atoms with E-state index < -0.39 is 0 Å². The van der Waals surface area contributed by atoms with E-state index in [0.29, 0.717) is 5.22 Å². The van der Waals surface area contributed by atoms with Crippen molar-refractivity contribution in [2.45, 2.75) is 30.7 Å². The zero-order chi connectivity index (χ0) is 13.8. The van der Waals surface area contributed by atoms with E-state index >= 15 is 0 Å². The molecule has 3 rings (SSSR count). The van der Waals surface area contributed by atoms with Gasteiger partial charge >= 0.3 is 0 Å². The highest BCUT2D eigenvalue weighted by atomic mass is 32.2. The molecule has 1 heterocycles. The van der Waals surface area contributed by atoms with Gasteiger partial charge in [-0.1, -0.05) is 61.2 Å². The van der Waals surface area contributed by atoms with Gasteiger partial charge in [-0.15, -0.1) is 10.2 Å². The van der Waals surface area contributed by atoms with E-state index in [-0.39, 0.29) is 0 Å². The molecule has 0 aliphatic heterocycles. The zero-order valence-corrected chi connectivity index (χ0v) is 12.2. The molecule has 0 radical (unpaired) electrons. The third kappa shape index (κ3) is 2.85. The van der Waals surface area contributed by atoms with E-state index in [1.165, 1.54) is 16.3 Å². The van der Waals surface area contributed by atoms with Gasteiger partial charge in [0.1, 0.15) is 0 Å². The molecule has 0 N–H and O–H groups in total. The fraction of sp³-hybridized carbons (Fsp3) is 0.250. The summed E-state index contributed by atoms with van der Waals surface area (Å²) in [6.07, 6.45) is 1.87. The van der Waals surface area contributed by atoms with Gasteiger partial charge in [0.2, 0.25) is 5.89 Å². The highest BCUT2D eigenvalue weighted by Crippen LogP contribution is 2.26. The summed E-state index contributed by atoms with van der Waals surface area (Å²) in [4.78, 5) is 0. The van der Waals surface area contributed by atoms with Crippen molar-refractivity contribution in [1.82, 2.24) is 10.2 Å². The minimum absolute atomic E-state index is 0.654. The van der Waals surface area contributed by atoms with Crippen LogP contribution in [0.25, 0.3) is 10.8 Å². The van der Waals surface area contributed by atoms with Crippen LogP contribution in [0.3, 0.4) is 0 Å². The fourth-order valence-electron chi connectivity index (χ4n) is 2.17. The maximum absolute atomic E-state index is 5.60. The third-order valence-electron chi connectivity index (χ3n) is 3.14. The number of rotatable bonds is 5. The standard InChI is InChI=1S/C16H16N2OS/c1-2-6-15-17-18-16(19-15)20-11-13-9-5-8-12-7-3-4-10-14(12)13/h3-5,7-10H,2,6,11H2,1H3. The molecule has 3 aromatic rings. The van der Waals surface area contributed by atoms with Gasteiger partial charge in [0, 0.05) is 12.2 Å². The molecule has 0 amide bonds. The number of fused-ring (bicyclic) bond motifs is 1. The molecular weight excluding hydrogens is 268 g/mol. The average Bonchev–Trinajstić information content (AvgIpc) is 2.93. The predicted molar refractivity (Wildman–Crippen MR) is 81.8 cm³/mol. The first-order valence-corrected chi connectivity index (χ1v) is 7.77. The van der Waals surface area contributed by atoms with Crippen molar-refractivity contribution in [3.8, 4) is 0 Å². The van der Waals surface area contributed by atoms with Crippen LogP contribution in [0.15, 0.2) is 52.1 Å². The fourth-order valence-corrected chi connectivity index (χ4v) is 2.95. The summed E-state index contributed by atoms with van der Waals surface area (Å²) in [7, 11) is 0. The van der Waals surface area contributed by atoms with Crippen molar-refractivity contribution in [3.05, 3.63) is 53.9 Å². The van der Waals surface area contributed by atoms with Crippen LogP contribution >= 0.6 is 11.8 Å². The Hall–Kier alpha value is -1.81. The Labute approximate surface area is 122 Å². The van der Waals surface area contributed by atoms with Crippen LogP contribution in [-0.2, 0) is 12.2 Å². The number of nitrogens with zero attached hydrogens (tertiary/aromatic N) is 2. The molecule has 0 spiro atoms. The van der Waals surface area contributed by atoms with Crippen LogP contribution < -0.4 is 0 Å². The number of hydrogen-bond acceptors (Lipinski definition) is 4. The second-order valence-electron chi connectivity index (χ2n) is 4.64. The lowest BCUT2D eigenvalue weighted by atomic mass is 10.1. The summed E-state index contributed by atoms with van der Waals surface area (Å²) in [5, 5.41) is 11.3. The van der Waals surface area contributed by atoms with Crippen molar-refractivity contribution >= 4 is 22.5 Å². The predicted octanol–water partition coefficient (Wildman–Crippen LogP) is 4.47. The third-order valence-corrected chi connectivity index (χ3v) is 4.01. The molecule has 0 fully saturated rings. The largest absolute Gasteiger partial charge is 0.416 e. The Balaban J connectivity index is 1.76. The molecule has 0 saturated carbocycles. The molecule has 0 atom stereocenters. The number of benzene rings is 2. The normalized spacial score (nSPS) is 11.1. The van der Waals surface area contributed by atoms with Crippen molar-refractivity contribution < 1.29 is 4.42 Å². The summed E-state index contributed by atoms with van der Waals surface area (Å²) in [5.41, 5.74) is 1.29. The molecule has 4 heteroatoms. The number of thioether (sulfide) groups is 1. The summed E-state index contributed by atoms with van der Waals surface area (Å²) in [5.74, 6) is 1.57. The van der Waals surface area contributed by atoms with E-state index in [9.17, 15) is 0 Å². The Kier molecular flexibility index (Phi) is 4.02. The lowest BCUT2D eigenvalue weighted by molar-refractivity contribution is 0.411. The van der Waals surface area contributed by atoms with Crippen molar-refractivity contribution in [2.24, 2.45) is 0 Å². The molecule has 1 aromatic heterocycles. The molecule has 0 unspecified atom stereocenters. The lowest BCUT2D eigenvalue weighted by Crippen LogP contribution is -1.84. The van der Waals surface area contributed by atoms with Crippen LogP contribution in [0.4, 0.5) is 0 Å². The first-order valence-electron chi connectivity index (χ1n) is 6.78. The smallest absolute Gasteiger partial charge is 0.276 e. The van der Waals surface area contributed by atoms with Gasteiger partial charge in [-0.3, -0.25) is 0 Å². The van der Waals surface area contributed by atoms with Gasteiger partial charge in [0.15, 0.2) is 0 Å². The highest BCUT2D eigenvalue weighted by molar-refractivity contribution is 7.98. The molecule has 0 aliphatic rings. The SMILES string of the molecule is CCCc1nnc(SCc2cccc3ccccc23)o1. The van der Waals surface area contributed by atoms with Crippen molar-refractivity contribution in [2.75, 3.05) is 0 Å². The summed E-state index contributed by atoms with van der Waals surface area (Å²) < 4.78 is 5.60. The summed E-state index contributed by atoms with van der Waals surface area (Å²) >= 11 is 1.59. The maximum Gasteiger partial charge on any atom is 0.276 e. The van der Waals surface area contributed by atoms with Crippen LogP contribution in [-0.4, -0.2) is 10.2 Å². The Morgan fingerprint density at radius 2 is 1.90 bits per heavy atom. The molecule has 2 aromatic carbocycles. The monoisotopic (exact) mass is 284 g/mol. The summed E-state index contributed by atoms with van der Waals surface area (Å²) in [6.45, 7) is 2.10. The van der Waals surface area contributed by atoms with Crippen LogP contribution in [0.1, 0.15) is 24.8 Å². The Morgan fingerprint density at radius 1 is 1.05 bits per heavy atom. The maximum atomic E-state index is 5.60. The van der Waals surface area contributed by atoms with Gasteiger partial charge in [-0.25, -0.2) is 0 Å². The van der Waals surface area contributed by atoms with Crippen LogP contribution in [0, 0.1) is 0 Å². The molecule has 0 saturated heterocycles. The van der Waals surface area contributed by atoms with Gasteiger partial charge in [-0.2, -0.15) is 0 Å². The first kappa shape index (κ1) is 13.2. The van der Waals surface area contributed by atoms with E-state index in [2.05, 4.69) is 59.6 Å². The van der Waals surface area contributed by atoms with Crippen LogP contribution in [0.5, 0.6) is 0 Å². The minimum Gasteiger partial charge on any atom is -0.416 e. The Bertz CT molecular complexity index is 703. The molecular formula is C16H16N2OS. The van der Waals surface area contributed by atoms with Gasteiger partial charge in [0.05, 0.1) is 0 Å². The van der Waals surface area contributed by atoms with E-state index in [4.69, 9.17) is 4.42 Å². The minimum atomic E-state index is 0.654. The first-order chi connectivity index (χ1) is 9.86. The average molecular weight is 284 g/mol. The second-order valence-corrected chi connectivity index (χ2v) is 5.57. The second kappa shape index (κ2) is 6.09. The van der Waals surface area contributed by atoms with Crippen LogP contribution in [0.2, 0.25) is 0 Å². The lowest BCUT2D eigenvalue weighted by Gasteiger charge is -2.04. The summed E-state index contributed by atoms with van der Waals surface area (Å²) in [6, 6.07) is 14.8. The van der Waals surface area contributed by atoms with E-state index in [1.807, 2.05) is 0 Å². The van der Waals surface area contributed by atoms with Crippen molar-refractivity contribution in [1.29, 1.82) is 0 Å². The molecule has 0 aliphatic carbocycles.